The van der Waals surface area contributed by atoms with E-state index in [4.69, 9.17) is 16.2 Å². The van der Waals surface area contributed by atoms with Gasteiger partial charge in [-0.1, -0.05) is 0 Å². The number of methoxy groups -OCH3 is 1. The van der Waals surface area contributed by atoms with Crippen molar-refractivity contribution in [3.8, 4) is 5.75 Å². The highest BCUT2D eigenvalue weighted by Gasteiger charge is 2.09. The van der Waals surface area contributed by atoms with Crippen molar-refractivity contribution in [3.63, 3.8) is 0 Å². The van der Waals surface area contributed by atoms with Crippen LogP contribution in [0.4, 0.5) is 5.82 Å². The molecule has 5 nitrogen and oxygen atoms in total. The smallest absolute Gasteiger partial charge is 0.252 e. The molecule has 2 rings (SSSR count). The summed E-state index contributed by atoms with van der Waals surface area (Å²) in [4.78, 5) is 15.2. The Labute approximate surface area is 92.0 Å². The molecule has 1 amide bonds. The molecule has 1 aromatic heterocycles. The molecule has 0 aliphatic rings. The second kappa shape index (κ2) is 3.69. The van der Waals surface area contributed by atoms with E-state index in [0.717, 1.165) is 5.39 Å². The highest BCUT2D eigenvalue weighted by Crippen LogP contribution is 2.22. The van der Waals surface area contributed by atoms with Gasteiger partial charge in [0.25, 0.3) is 5.91 Å². The molecule has 0 aliphatic carbocycles. The van der Waals surface area contributed by atoms with Crippen molar-refractivity contribution in [3.05, 3.63) is 29.8 Å². The van der Waals surface area contributed by atoms with Crippen LogP contribution >= 0.6 is 0 Å². The van der Waals surface area contributed by atoms with E-state index in [9.17, 15) is 4.79 Å². The maximum absolute atomic E-state index is 11.1. The minimum Gasteiger partial charge on any atom is -0.497 e. The van der Waals surface area contributed by atoms with Gasteiger partial charge < -0.3 is 16.2 Å². The van der Waals surface area contributed by atoms with Gasteiger partial charge in [0.1, 0.15) is 11.6 Å². The minimum atomic E-state index is -0.581. The number of hydrogen-bond acceptors (Lipinski definition) is 4. The molecule has 2 aromatic rings. The molecule has 0 bridgehead atoms. The lowest BCUT2D eigenvalue weighted by atomic mass is 10.1. The molecule has 4 N–H and O–H groups in total. The number of carbonyl (C=O) groups is 1. The Morgan fingerprint density at radius 1 is 1.38 bits per heavy atom. The second-order valence-electron chi connectivity index (χ2n) is 3.34. The predicted octanol–water partition coefficient (Wildman–Crippen LogP) is 0.925. The van der Waals surface area contributed by atoms with E-state index in [-0.39, 0.29) is 11.4 Å². The van der Waals surface area contributed by atoms with Gasteiger partial charge >= 0.3 is 0 Å². The number of fused-ring (bicyclic) bond motifs is 1. The molecule has 5 heteroatoms. The van der Waals surface area contributed by atoms with Gasteiger partial charge in [-0.25, -0.2) is 4.98 Å². The third-order valence-corrected chi connectivity index (χ3v) is 2.32. The maximum atomic E-state index is 11.1. The minimum absolute atomic E-state index is 0.133. The van der Waals surface area contributed by atoms with E-state index in [1.54, 1.807) is 31.4 Å². The standard InChI is InChI=1S/C11H11N3O2/c1-16-7-3-2-6-4-8(11(13)15)10(12)14-9(6)5-7/h2-5H,1H3,(H2,12,14)(H2,13,15). The van der Waals surface area contributed by atoms with E-state index in [0.29, 0.717) is 11.3 Å². The van der Waals surface area contributed by atoms with Crippen LogP contribution in [0.15, 0.2) is 24.3 Å². The Bertz CT molecular complexity index is 566. The highest BCUT2D eigenvalue weighted by atomic mass is 16.5. The average Bonchev–Trinajstić information content (AvgIpc) is 2.27. The first-order valence-corrected chi connectivity index (χ1v) is 4.66. The SMILES string of the molecule is COc1ccc2cc(C(N)=O)c(N)nc2c1. The molecular weight excluding hydrogens is 206 g/mol. The fraction of sp³-hybridized carbons (Fsp3) is 0.0909. The number of rotatable bonds is 2. The van der Waals surface area contributed by atoms with Crippen LogP contribution in [0.5, 0.6) is 5.75 Å². The summed E-state index contributed by atoms with van der Waals surface area (Å²) in [5.74, 6) is 0.238. The molecular formula is C11H11N3O2. The number of benzene rings is 1. The Hall–Kier alpha value is -2.30. The van der Waals surface area contributed by atoms with Crippen LogP contribution in [-0.2, 0) is 0 Å². The maximum Gasteiger partial charge on any atom is 0.252 e. The number of aromatic nitrogens is 1. The molecule has 1 heterocycles. The normalized spacial score (nSPS) is 10.3. The van der Waals surface area contributed by atoms with E-state index in [2.05, 4.69) is 4.98 Å². The lowest BCUT2D eigenvalue weighted by molar-refractivity contribution is 0.100. The molecule has 0 saturated carbocycles. The predicted molar refractivity (Wildman–Crippen MR) is 61.2 cm³/mol. The van der Waals surface area contributed by atoms with Crippen molar-refractivity contribution in [1.29, 1.82) is 0 Å². The van der Waals surface area contributed by atoms with E-state index in [1.165, 1.54) is 0 Å². The summed E-state index contributed by atoms with van der Waals surface area (Å²) >= 11 is 0. The molecule has 0 unspecified atom stereocenters. The van der Waals surface area contributed by atoms with Gasteiger partial charge in [-0.2, -0.15) is 0 Å². The lowest BCUT2D eigenvalue weighted by Crippen LogP contribution is -2.14. The van der Waals surface area contributed by atoms with Crippen LogP contribution in [0.2, 0.25) is 0 Å². The largest absolute Gasteiger partial charge is 0.497 e. The van der Waals surface area contributed by atoms with Gasteiger partial charge in [0, 0.05) is 11.5 Å². The first-order chi connectivity index (χ1) is 7.61. The van der Waals surface area contributed by atoms with Crippen molar-refractivity contribution >= 4 is 22.6 Å². The van der Waals surface area contributed by atoms with Gasteiger partial charge in [-0.15, -0.1) is 0 Å². The summed E-state index contributed by atoms with van der Waals surface area (Å²) in [5.41, 5.74) is 11.7. The molecule has 0 fully saturated rings. The summed E-state index contributed by atoms with van der Waals surface area (Å²) in [6, 6.07) is 6.95. The number of nitrogen functional groups attached to an aromatic ring is 1. The number of carbonyl (C=O) groups excluding carboxylic acids is 1. The molecule has 0 saturated heterocycles. The summed E-state index contributed by atoms with van der Waals surface area (Å²) in [6.45, 7) is 0. The molecule has 16 heavy (non-hydrogen) atoms. The van der Waals surface area contributed by atoms with Crippen molar-refractivity contribution in [2.24, 2.45) is 5.73 Å². The van der Waals surface area contributed by atoms with Gasteiger partial charge in [0.15, 0.2) is 0 Å². The zero-order valence-electron chi connectivity index (χ0n) is 8.73. The van der Waals surface area contributed by atoms with Crippen molar-refractivity contribution in [2.75, 3.05) is 12.8 Å². The molecule has 0 atom stereocenters. The molecule has 0 aliphatic heterocycles. The monoisotopic (exact) mass is 217 g/mol. The zero-order chi connectivity index (χ0) is 11.7. The van der Waals surface area contributed by atoms with Crippen molar-refractivity contribution in [2.45, 2.75) is 0 Å². The second-order valence-corrected chi connectivity index (χ2v) is 3.34. The van der Waals surface area contributed by atoms with Crippen LogP contribution in [-0.4, -0.2) is 18.0 Å². The molecule has 1 aromatic carbocycles. The quantitative estimate of drug-likeness (QED) is 0.782. The zero-order valence-corrected chi connectivity index (χ0v) is 8.73. The Morgan fingerprint density at radius 3 is 2.75 bits per heavy atom. The number of amides is 1. The number of pyridine rings is 1. The molecule has 0 radical (unpaired) electrons. The highest BCUT2D eigenvalue weighted by molar-refractivity contribution is 6.00. The number of nitrogens with two attached hydrogens (primary N) is 2. The summed E-state index contributed by atoms with van der Waals surface area (Å²) in [7, 11) is 1.57. The van der Waals surface area contributed by atoms with Gasteiger partial charge in [-0.3, -0.25) is 4.79 Å². The number of nitrogens with zero attached hydrogens (tertiary/aromatic N) is 1. The van der Waals surface area contributed by atoms with E-state index < -0.39 is 5.91 Å². The average molecular weight is 217 g/mol. The molecule has 0 spiro atoms. The van der Waals surface area contributed by atoms with E-state index in [1.807, 2.05) is 0 Å². The summed E-state index contributed by atoms with van der Waals surface area (Å²) in [6.07, 6.45) is 0. The topological polar surface area (TPSA) is 91.2 Å². The van der Waals surface area contributed by atoms with E-state index >= 15 is 0 Å². The van der Waals surface area contributed by atoms with Crippen molar-refractivity contribution in [1.82, 2.24) is 4.98 Å². The van der Waals surface area contributed by atoms with Gasteiger partial charge in [0.2, 0.25) is 0 Å². The van der Waals surface area contributed by atoms with Crippen molar-refractivity contribution < 1.29 is 9.53 Å². The third kappa shape index (κ3) is 1.63. The fourth-order valence-electron chi connectivity index (χ4n) is 1.49. The molecule has 82 valence electrons. The van der Waals surface area contributed by atoms with Crippen LogP contribution in [0, 0.1) is 0 Å². The number of primary amides is 1. The first-order valence-electron chi connectivity index (χ1n) is 4.66. The first kappa shape index (κ1) is 10.2. The fourth-order valence-corrected chi connectivity index (χ4v) is 1.49. The number of ether oxygens (including phenoxy) is 1. The number of anilines is 1. The number of hydrogen-bond donors (Lipinski definition) is 2. The lowest BCUT2D eigenvalue weighted by Gasteiger charge is -2.05. The van der Waals surface area contributed by atoms with Crippen LogP contribution < -0.4 is 16.2 Å². The third-order valence-electron chi connectivity index (χ3n) is 2.32. The Balaban J connectivity index is 2.68. The van der Waals surface area contributed by atoms with Gasteiger partial charge in [-0.05, 0) is 18.2 Å². The Morgan fingerprint density at radius 2 is 2.12 bits per heavy atom. The van der Waals surface area contributed by atoms with Crippen LogP contribution in [0.25, 0.3) is 10.9 Å². The van der Waals surface area contributed by atoms with Crippen LogP contribution in [0.3, 0.4) is 0 Å². The summed E-state index contributed by atoms with van der Waals surface area (Å²) in [5, 5.41) is 0.795. The van der Waals surface area contributed by atoms with Gasteiger partial charge in [0.05, 0.1) is 18.2 Å². The summed E-state index contributed by atoms with van der Waals surface area (Å²) < 4.78 is 5.07. The van der Waals surface area contributed by atoms with Crippen LogP contribution in [0.1, 0.15) is 10.4 Å². The Kier molecular flexibility index (Phi) is 2.36.